The average Bonchev–Trinajstić information content (AvgIpc) is 3.15. The van der Waals surface area contributed by atoms with Crippen molar-refractivity contribution in [3.05, 3.63) is 70.9 Å². The highest BCUT2D eigenvalue weighted by atomic mass is 16.5. The van der Waals surface area contributed by atoms with Crippen LogP contribution in [0.25, 0.3) is 5.69 Å². The van der Waals surface area contributed by atoms with Gasteiger partial charge in [0.25, 0.3) is 5.91 Å². The molecule has 1 heterocycles. The summed E-state index contributed by atoms with van der Waals surface area (Å²) in [6, 6.07) is 13.0. The largest absolute Gasteiger partial charge is 0.465 e. The van der Waals surface area contributed by atoms with Crippen LogP contribution in [-0.2, 0) is 17.6 Å². The molecule has 29 heavy (non-hydrogen) atoms. The average molecular weight is 390 g/mol. The number of ether oxygens (including phenoxy) is 1. The lowest BCUT2D eigenvalue weighted by molar-refractivity contribution is 0.0602. The van der Waals surface area contributed by atoms with Crippen LogP contribution in [0.2, 0.25) is 0 Å². The Bertz CT molecular complexity index is 1070. The zero-order chi connectivity index (χ0) is 20.4. The van der Waals surface area contributed by atoms with Crippen molar-refractivity contribution in [2.75, 3.05) is 18.2 Å². The molecule has 7 nitrogen and oxygen atoms in total. The minimum absolute atomic E-state index is 0.167. The molecule has 1 amide bonds. The Labute approximate surface area is 168 Å². The summed E-state index contributed by atoms with van der Waals surface area (Å²) in [6.07, 6.45) is 5.76. The van der Waals surface area contributed by atoms with Crippen LogP contribution in [0.3, 0.4) is 0 Å². The Morgan fingerprint density at radius 2 is 1.86 bits per heavy atom. The first-order valence-electron chi connectivity index (χ1n) is 9.53. The van der Waals surface area contributed by atoms with Crippen molar-refractivity contribution >= 4 is 23.4 Å². The maximum Gasteiger partial charge on any atom is 0.343 e. The highest BCUT2D eigenvalue weighted by Gasteiger charge is 2.18. The van der Waals surface area contributed by atoms with Gasteiger partial charge in [-0.1, -0.05) is 12.1 Å². The lowest BCUT2D eigenvalue weighted by Gasteiger charge is -2.19. The number of aryl methyl sites for hydroxylation is 1. The Morgan fingerprint density at radius 3 is 2.62 bits per heavy atom. The molecule has 0 spiro atoms. The van der Waals surface area contributed by atoms with Crippen LogP contribution in [0.4, 0.5) is 11.5 Å². The van der Waals surface area contributed by atoms with Gasteiger partial charge in [-0.25, -0.2) is 9.48 Å². The summed E-state index contributed by atoms with van der Waals surface area (Å²) in [5.74, 6) is -0.528. The maximum atomic E-state index is 12.7. The molecule has 0 saturated heterocycles. The number of carbonyl (C=O) groups is 2. The van der Waals surface area contributed by atoms with E-state index in [1.54, 1.807) is 24.3 Å². The van der Waals surface area contributed by atoms with E-state index in [0.29, 0.717) is 11.3 Å². The monoisotopic (exact) mass is 390 g/mol. The van der Waals surface area contributed by atoms with Crippen LogP contribution in [0, 0.1) is 0 Å². The third-order valence-corrected chi connectivity index (χ3v) is 5.23. The van der Waals surface area contributed by atoms with Gasteiger partial charge in [-0.05, 0) is 67.1 Å². The molecule has 1 aliphatic rings. The van der Waals surface area contributed by atoms with Crippen molar-refractivity contribution in [1.29, 1.82) is 0 Å². The van der Waals surface area contributed by atoms with E-state index in [0.717, 1.165) is 24.9 Å². The predicted molar refractivity (Wildman–Crippen MR) is 110 cm³/mol. The second-order valence-electron chi connectivity index (χ2n) is 7.00. The number of carbonyl (C=O) groups excluding carboxylic acids is 2. The van der Waals surface area contributed by atoms with Gasteiger partial charge in [0.1, 0.15) is 11.4 Å². The molecule has 2 aromatic carbocycles. The van der Waals surface area contributed by atoms with E-state index >= 15 is 0 Å². The molecule has 1 aliphatic carbocycles. The molecule has 4 rings (SSSR count). The summed E-state index contributed by atoms with van der Waals surface area (Å²) < 4.78 is 6.12. The van der Waals surface area contributed by atoms with Gasteiger partial charge >= 0.3 is 5.97 Å². The standard InChI is InChI=1S/C22H22N4O3/c1-29-22(28)18-13-24-26(20(18)23)16-11-9-15(10-12-16)21(27)25-19-8-4-6-14-5-2-3-7-17(14)19/h4,6,8-13H,2-3,5,7,23H2,1H3,(H,25,27). The summed E-state index contributed by atoms with van der Waals surface area (Å²) in [7, 11) is 1.29. The quantitative estimate of drug-likeness (QED) is 0.666. The lowest BCUT2D eigenvalue weighted by Crippen LogP contribution is -2.15. The van der Waals surface area contributed by atoms with Gasteiger partial charge in [-0.15, -0.1) is 0 Å². The molecule has 3 N–H and O–H groups in total. The first kappa shape index (κ1) is 18.7. The van der Waals surface area contributed by atoms with Gasteiger partial charge in [-0.3, -0.25) is 4.79 Å². The number of hydrogen-bond acceptors (Lipinski definition) is 5. The van der Waals surface area contributed by atoms with Crippen LogP contribution in [0.5, 0.6) is 0 Å². The maximum absolute atomic E-state index is 12.7. The minimum Gasteiger partial charge on any atom is -0.465 e. The fraction of sp³-hybridized carbons (Fsp3) is 0.227. The number of methoxy groups -OCH3 is 1. The van der Waals surface area contributed by atoms with E-state index in [-0.39, 0.29) is 17.3 Å². The van der Waals surface area contributed by atoms with E-state index in [9.17, 15) is 9.59 Å². The number of benzene rings is 2. The van der Waals surface area contributed by atoms with Gasteiger partial charge in [-0.2, -0.15) is 5.10 Å². The summed E-state index contributed by atoms with van der Waals surface area (Å²) in [5, 5.41) is 7.17. The van der Waals surface area contributed by atoms with Crippen molar-refractivity contribution in [3.63, 3.8) is 0 Å². The molecule has 3 aromatic rings. The highest BCUT2D eigenvalue weighted by Crippen LogP contribution is 2.28. The number of rotatable bonds is 4. The Balaban J connectivity index is 1.54. The minimum atomic E-state index is -0.545. The molecular formula is C22H22N4O3. The number of nitrogens with one attached hydrogen (secondary N) is 1. The number of hydrogen-bond donors (Lipinski definition) is 2. The summed E-state index contributed by atoms with van der Waals surface area (Å²) in [4.78, 5) is 24.4. The van der Waals surface area contributed by atoms with E-state index in [1.165, 1.54) is 35.5 Å². The first-order valence-corrected chi connectivity index (χ1v) is 9.53. The molecule has 0 bridgehead atoms. The number of esters is 1. The molecule has 148 valence electrons. The SMILES string of the molecule is COC(=O)c1cnn(-c2ccc(C(=O)Nc3cccc4c3CCCC4)cc2)c1N. The predicted octanol–water partition coefficient (Wildman–Crippen LogP) is 3.37. The molecule has 0 fully saturated rings. The van der Waals surface area contributed by atoms with Crippen LogP contribution in [-0.4, -0.2) is 28.8 Å². The van der Waals surface area contributed by atoms with Crippen LogP contribution in [0.15, 0.2) is 48.7 Å². The number of aromatic nitrogens is 2. The number of anilines is 2. The van der Waals surface area contributed by atoms with Crippen molar-refractivity contribution in [1.82, 2.24) is 9.78 Å². The van der Waals surface area contributed by atoms with Gasteiger partial charge in [0.2, 0.25) is 0 Å². The van der Waals surface area contributed by atoms with E-state index in [4.69, 9.17) is 5.73 Å². The van der Waals surface area contributed by atoms with Crippen molar-refractivity contribution < 1.29 is 14.3 Å². The Morgan fingerprint density at radius 1 is 1.10 bits per heavy atom. The van der Waals surface area contributed by atoms with E-state index in [2.05, 4.69) is 21.2 Å². The van der Waals surface area contributed by atoms with Gasteiger partial charge in [0.15, 0.2) is 0 Å². The normalized spacial score (nSPS) is 12.9. The van der Waals surface area contributed by atoms with E-state index < -0.39 is 5.97 Å². The second-order valence-corrected chi connectivity index (χ2v) is 7.00. The van der Waals surface area contributed by atoms with Gasteiger partial charge in [0.05, 0.1) is 19.0 Å². The first-order chi connectivity index (χ1) is 14.1. The number of amides is 1. The zero-order valence-electron chi connectivity index (χ0n) is 16.1. The van der Waals surface area contributed by atoms with Gasteiger partial charge < -0.3 is 15.8 Å². The van der Waals surface area contributed by atoms with Crippen LogP contribution < -0.4 is 11.1 Å². The fourth-order valence-corrected chi connectivity index (χ4v) is 3.68. The molecular weight excluding hydrogens is 368 g/mol. The Hall–Kier alpha value is -3.61. The van der Waals surface area contributed by atoms with Crippen LogP contribution in [0.1, 0.15) is 44.7 Å². The van der Waals surface area contributed by atoms with Gasteiger partial charge in [0, 0.05) is 11.3 Å². The third kappa shape index (κ3) is 3.59. The summed E-state index contributed by atoms with van der Waals surface area (Å²) >= 11 is 0. The fourth-order valence-electron chi connectivity index (χ4n) is 3.68. The molecule has 0 atom stereocenters. The van der Waals surface area contributed by atoms with Crippen LogP contribution >= 0.6 is 0 Å². The molecule has 0 radical (unpaired) electrons. The smallest absolute Gasteiger partial charge is 0.343 e. The zero-order valence-corrected chi connectivity index (χ0v) is 16.1. The molecule has 0 aliphatic heterocycles. The Kier molecular flexibility index (Phi) is 5.03. The van der Waals surface area contributed by atoms with Crippen molar-refractivity contribution in [2.24, 2.45) is 0 Å². The lowest BCUT2D eigenvalue weighted by atomic mass is 9.90. The third-order valence-electron chi connectivity index (χ3n) is 5.23. The number of nitrogens with zero attached hydrogens (tertiary/aromatic N) is 2. The van der Waals surface area contributed by atoms with Crippen molar-refractivity contribution in [3.8, 4) is 5.69 Å². The molecule has 1 aromatic heterocycles. The number of fused-ring (bicyclic) bond motifs is 1. The van der Waals surface area contributed by atoms with Crippen molar-refractivity contribution in [2.45, 2.75) is 25.7 Å². The number of nitrogens with two attached hydrogens (primary N) is 1. The summed E-state index contributed by atoms with van der Waals surface area (Å²) in [5.41, 5.74) is 10.8. The molecule has 0 saturated carbocycles. The highest BCUT2D eigenvalue weighted by molar-refractivity contribution is 6.04. The summed E-state index contributed by atoms with van der Waals surface area (Å²) in [6.45, 7) is 0. The second kappa shape index (κ2) is 7.79. The topological polar surface area (TPSA) is 99.2 Å². The molecule has 0 unspecified atom stereocenters. The van der Waals surface area contributed by atoms with E-state index in [1.807, 2.05) is 12.1 Å². The molecule has 7 heteroatoms. The number of nitrogen functional groups attached to an aromatic ring is 1.